The minimum Gasteiger partial charge on any atom is -0.350 e. The average Bonchev–Trinajstić information content (AvgIpc) is 3.08. The van der Waals surface area contributed by atoms with Crippen LogP contribution in [0.1, 0.15) is 5.56 Å². The molecule has 0 unspecified atom stereocenters. The van der Waals surface area contributed by atoms with Crippen LogP contribution in [0.4, 0.5) is 10.1 Å². The topological polar surface area (TPSA) is 25.2 Å². The van der Waals surface area contributed by atoms with Crippen molar-refractivity contribution in [3.05, 3.63) is 70.0 Å². The number of carbonyl (C=O) groups is 1. The number of fused-ring (bicyclic) bond motifs is 1. The van der Waals surface area contributed by atoms with Crippen molar-refractivity contribution in [2.45, 2.75) is 0 Å². The summed E-state index contributed by atoms with van der Waals surface area (Å²) in [7, 11) is 1.96. The number of aromatic nitrogens is 1. The van der Waals surface area contributed by atoms with Gasteiger partial charge < -0.3 is 4.57 Å². The number of amides is 1. The van der Waals surface area contributed by atoms with Gasteiger partial charge in [0, 0.05) is 29.7 Å². The van der Waals surface area contributed by atoms with E-state index in [0.717, 1.165) is 16.5 Å². The van der Waals surface area contributed by atoms with Crippen LogP contribution in [0.5, 0.6) is 0 Å². The second-order valence-electron chi connectivity index (χ2n) is 5.83. The molecule has 1 saturated heterocycles. The standard InChI is InChI=1S/C19H12ClFN2OS2/c1-22-10-11(13-4-2-3-5-16(13)22)8-17-18(24)23(19(25)26-17)12-6-7-15(21)14(20)9-12/h2-10H,1H3. The van der Waals surface area contributed by atoms with E-state index < -0.39 is 5.82 Å². The predicted octanol–water partition coefficient (Wildman–Crippen LogP) is 5.38. The van der Waals surface area contributed by atoms with E-state index in [1.165, 1.54) is 34.9 Å². The number of halogens is 2. The number of hydrogen-bond acceptors (Lipinski definition) is 3. The summed E-state index contributed by atoms with van der Waals surface area (Å²) in [6.45, 7) is 0. The van der Waals surface area contributed by atoms with Crippen LogP contribution in [0.3, 0.4) is 0 Å². The molecule has 1 aromatic heterocycles. The van der Waals surface area contributed by atoms with E-state index in [-0.39, 0.29) is 10.9 Å². The Balaban J connectivity index is 1.74. The molecular weight excluding hydrogens is 391 g/mol. The van der Waals surface area contributed by atoms with E-state index in [9.17, 15) is 9.18 Å². The van der Waals surface area contributed by atoms with Crippen molar-refractivity contribution in [2.24, 2.45) is 7.05 Å². The maximum Gasteiger partial charge on any atom is 0.270 e. The zero-order chi connectivity index (χ0) is 18.4. The number of thiocarbonyl (C=S) groups is 1. The van der Waals surface area contributed by atoms with Crippen LogP contribution in [0.2, 0.25) is 5.02 Å². The molecular formula is C19H12ClFN2OS2. The lowest BCUT2D eigenvalue weighted by molar-refractivity contribution is -0.113. The number of para-hydroxylation sites is 1. The lowest BCUT2D eigenvalue weighted by Gasteiger charge is -2.14. The van der Waals surface area contributed by atoms with Crippen LogP contribution in [0.25, 0.3) is 17.0 Å². The molecule has 1 fully saturated rings. The summed E-state index contributed by atoms with van der Waals surface area (Å²) in [5, 5.41) is 1.01. The fourth-order valence-corrected chi connectivity index (χ4v) is 4.41. The van der Waals surface area contributed by atoms with Crippen molar-refractivity contribution >= 4 is 68.5 Å². The Bertz CT molecular complexity index is 1110. The number of nitrogens with zero attached hydrogens (tertiary/aromatic N) is 2. The smallest absolute Gasteiger partial charge is 0.270 e. The molecule has 26 heavy (non-hydrogen) atoms. The maximum absolute atomic E-state index is 13.4. The number of rotatable bonds is 2. The summed E-state index contributed by atoms with van der Waals surface area (Å²) in [4.78, 5) is 14.8. The van der Waals surface area contributed by atoms with Crippen molar-refractivity contribution < 1.29 is 9.18 Å². The largest absolute Gasteiger partial charge is 0.350 e. The van der Waals surface area contributed by atoms with Gasteiger partial charge in [-0.3, -0.25) is 9.69 Å². The van der Waals surface area contributed by atoms with Gasteiger partial charge in [-0.2, -0.15) is 0 Å². The van der Waals surface area contributed by atoms with Crippen LogP contribution in [0, 0.1) is 5.82 Å². The van der Waals surface area contributed by atoms with Crippen molar-refractivity contribution in [2.75, 3.05) is 4.90 Å². The normalized spacial score (nSPS) is 16.3. The summed E-state index contributed by atoms with van der Waals surface area (Å²) >= 11 is 12.4. The first-order valence-electron chi connectivity index (χ1n) is 7.73. The fourth-order valence-electron chi connectivity index (χ4n) is 2.94. The molecule has 3 nitrogen and oxygen atoms in total. The Morgan fingerprint density at radius 1 is 1.23 bits per heavy atom. The molecule has 7 heteroatoms. The molecule has 0 saturated carbocycles. The maximum atomic E-state index is 13.4. The van der Waals surface area contributed by atoms with Crippen LogP contribution < -0.4 is 4.90 Å². The highest BCUT2D eigenvalue weighted by molar-refractivity contribution is 8.27. The number of carbonyl (C=O) groups excluding carboxylic acids is 1. The Morgan fingerprint density at radius 3 is 2.77 bits per heavy atom. The Hall–Kier alpha value is -2.15. The van der Waals surface area contributed by atoms with E-state index in [1.807, 2.05) is 48.2 Å². The van der Waals surface area contributed by atoms with Gasteiger partial charge in [0.1, 0.15) is 5.82 Å². The quantitative estimate of drug-likeness (QED) is 0.425. The summed E-state index contributed by atoms with van der Waals surface area (Å²) in [6.07, 6.45) is 3.82. The fraction of sp³-hybridized carbons (Fsp3) is 0.0526. The molecule has 3 aromatic rings. The second kappa shape index (κ2) is 6.54. The Kier molecular flexibility index (Phi) is 4.34. The van der Waals surface area contributed by atoms with Gasteiger partial charge in [-0.05, 0) is 30.3 Å². The number of anilines is 1. The third-order valence-electron chi connectivity index (χ3n) is 4.17. The molecule has 2 aromatic carbocycles. The lowest BCUT2D eigenvalue weighted by atomic mass is 10.1. The van der Waals surface area contributed by atoms with Gasteiger partial charge in [-0.25, -0.2) is 4.39 Å². The monoisotopic (exact) mass is 402 g/mol. The number of thioether (sulfide) groups is 1. The molecule has 1 amide bonds. The second-order valence-corrected chi connectivity index (χ2v) is 7.91. The molecule has 0 spiro atoms. The minimum atomic E-state index is -0.535. The molecule has 0 bridgehead atoms. The van der Waals surface area contributed by atoms with Gasteiger partial charge in [0.2, 0.25) is 0 Å². The molecule has 4 rings (SSSR count). The lowest BCUT2D eigenvalue weighted by Crippen LogP contribution is -2.27. The highest BCUT2D eigenvalue weighted by Gasteiger charge is 2.33. The summed E-state index contributed by atoms with van der Waals surface area (Å²) in [5.41, 5.74) is 2.49. The third kappa shape index (κ3) is 2.84. The zero-order valence-corrected chi connectivity index (χ0v) is 16.0. The SMILES string of the molecule is Cn1cc(C=C2SC(=S)N(c3ccc(F)c(Cl)c3)C2=O)c2ccccc21. The first kappa shape index (κ1) is 17.3. The van der Waals surface area contributed by atoms with Gasteiger partial charge in [-0.15, -0.1) is 0 Å². The van der Waals surface area contributed by atoms with Crippen LogP contribution >= 0.6 is 35.6 Å². The van der Waals surface area contributed by atoms with Crippen LogP contribution in [0.15, 0.2) is 53.6 Å². The number of benzene rings is 2. The van der Waals surface area contributed by atoms with E-state index in [2.05, 4.69) is 0 Å². The third-order valence-corrected chi connectivity index (χ3v) is 5.76. The van der Waals surface area contributed by atoms with Crippen molar-refractivity contribution in [3.63, 3.8) is 0 Å². The first-order valence-corrected chi connectivity index (χ1v) is 9.33. The van der Waals surface area contributed by atoms with Crippen LogP contribution in [-0.2, 0) is 11.8 Å². The Morgan fingerprint density at radius 2 is 2.00 bits per heavy atom. The summed E-state index contributed by atoms with van der Waals surface area (Å²) in [5.74, 6) is -0.775. The summed E-state index contributed by atoms with van der Waals surface area (Å²) in [6, 6.07) is 12.1. The van der Waals surface area contributed by atoms with Gasteiger partial charge >= 0.3 is 0 Å². The molecule has 130 valence electrons. The molecule has 0 aliphatic carbocycles. The molecule has 0 N–H and O–H groups in total. The highest BCUT2D eigenvalue weighted by Crippen LogP contribution is 2.38. The van der Waals surface area contributed by atoms with Crippen LogP contribution in [-0.4, -0.2) is 14.8 Å². The number of hydrogen-bond donors (Lipinski definition) is 0. The molecule has 2 heterocycles. The molecule has 0 atom stereocenters. The van der Waals surface area contributed by atoms with Gasteiger partial charge in [0.15, 0.2) is 4.32 Å². The van der Waals surface area contributed by atoms with Crippen molar-refractivity contribution in [3.8, 4) is 0 Å². The minimum absolute atomic E-state index is 0.0467. The average molecular weight is 403 g/mol. The van der Waals surface area contributed by atoms with E-state index >= 15 is 0 Å². The van der Waals surface area contributed by atoms with E-state index in [0.29, 0.717) is 14.9 Å². The van der Waals surface area contributed by atoms with Crippen molar-refractivity contribution in [1.82, 2.24) is 4.57 Å². The van der Waals surface area contributed by atoms with Gasteiger partial charge in [0.05, 0.1) is 15.6 Å². The molecule has 0 radical (unpaired) electrons. The zero-order valence-electron chi connectivity index (χ0n) is 13.6. The predicted molar refractivity (Wildman–Crippen MR) is 110 cm³/mol. The highest BCUT2D eigenvalue weighted by atomic mass is 35.5. The molecule has 1 aliphatic heterocycles. The van der Waals surface area contributed by atoms with Crippen molar-refractivity contribution in [1.29, 1.82) is 0 Å². The summed E-state index contributed by atoms with van der Waals surface area (Å²) < 4.78 is 15.8. The molecule has 1 aliphatic rings. The van der Waals surface area contributed by atoms with E-state index in [1.54, 1.807) is 0 Å². The Labute approximate surface area is 164 Å². The number of aryl methyl sites for hydroxylation is 1. The van der Waals surface area contributed by atoms with Gasteiger partial charge in [0.25, 0.3) is 5.91 Å². The van der Waals surface area contributed by atoms with Gasteiger partial charge in [-0.1, -0.05) is 53.8 Å². The first-order chi connectivity index (χ1) is 12.5. The van der Waals surface area contributed by atoms with E-state index in [4.69, 9.17) is 23.8 Å².